The van der Waals surface area contributed by atoms with E-state index in [1.165, 1.54) is 5.69 Å². The zero-order valence-corrected chi connectivity index (χ0v) is 18.2. The summed E-state index contributed by atoms with van der Waals surface area (Å²) in [5.74, 6) is 0.863. The van der Waals surface area contributed by atoms with E-state index in [9.17, 15) is 4.79 Å². The first-order valence-electron chi connectivity index (χ1n) is 10.9. The highest BCUT2D eigenvalue weighted by Crippen LogP contribution is 2.38. The lowest BCUT2D eigenvalue weighted by Gasteiger charge is -2.45. The molecule has 1 aromatic carbocycles. The van der Waals surface area contributed by atoms with Gasteiger partial charge < -0.3 is 24.0 Å². The van der Waals surface area contributed by atoms with E-state index in [2.05, 4.69) is 21.9 Å². The average molecular weight is 405 g/mol. The molecule has 2 aliphatic heterocycles. The summed E-state index contributed by atoms with van der Waals surface area (Å²) < 4.78 is 15.9. The summed E-state index contributed by atoms with van der Waals surface area (Å²) in [6, 6.07) is 8.95. The Labute approximate surface area is 175 Å². The van der Waals surface area contributed by atoms with Crippen LogP contribution in [0.15, 0.2) is 24.3 Å². The fourth-order valence-corrected chi connectivity index (χ4v) is 4.74. The lowest BCUT2D eigenvalue weighted by Crippen LogP contribution is -2.52. The molecule has 29 heavy (non-hydrogen) atoms. The Morgan fingerprint density at radius 1 is 1.07 bits per heavy atom. The van der Waals surface area contributed by atoms with Crippen LogP contribution >= 0.6 is 0 Å². The maximum atomic E-state index is 12.6. The van der Waals surface area contributed by atoms with Crippen LogP contribution < -0.4 is 9.64 Å². The lowest BCUT2D eigenvalue weighted by molar-refractivity contribution is -0.160. The number of nitrogens with zero attached hydrogens (tertiary/aromatic N) is 2. The highest BCUT2D eigenvalue weighted by Gasteiger charge is 2.43. The minimum Gasteiger partial charge on any atom is -0.497 e. The van der Waals surface area contributed by atoms with Crippen LogP contribution in [0.25, 0.3) is 0 Å². The Morgan fingerprint density at radius 2 is 1.72 bits per heavy atom. The summed E-state index contributed by atoms with van der Waals surface area (Å²) in [4.78, 5) is 17.7. The number of hydrogen-bond acceptors (Lipinski definition) is 6. The molecule has 162 valence electrons. The SMILES string of the molecule is CCOC(=O)C1(CCOC)CCN(C2CCN(c3ccc(OC)cc3)CC2)CC1. The standard InChI is InChI=1S/C23H36N2O4/c1-4-29-22(26)23(13-18-27-2)11-16-25(17-12-23)20-9-14-24(15-10-20)19-5-7-21(28-3)8-6-19/h5-8,20H,4,9-18H2,1-3H3. The van der Waals surface area contributed by atoms with Crippen molar-refractivity contribution in [3.8, 4) is 5.75 Å². The van der Waals surface area contributed by atoms with Crippen LogP contribution in [-0.4, -0.2) is 70.5 Å². The van der Waals surface area contributed by atoms with Crippen molar-refractivity contribution < 1.29 is 19.0 Å². The van der Waals surface area contributed by atoms with Crippen molar-refractivity contribution in [2.24, 2.45) is 5.41 Å². The monoisotopic (exact) mass is 404 g/mol. The molecule has 0 aliphatic carbocycles. The number of piperidine rings is 2. The van der Waals surface area contributed by atoms with Gasteiger partial charge in [0, 0.05) is 38.5 Å². The first-order valence-corrected chi connectivity index (χ1v) is 10.9. The van der Waals surface area contributed by atoms with Crippen molar-refractivity contribution in [2.75, 3.05) is 58.5 Å². The molecule has 0 atom stereocenters. The van der Waals surface area contributed by atoms with Crippen molar-refractivity contribution in [3.63, 3.8) is 0 Å². The molecule has 0 unspecified atom stereocenters. The zero-order valence-electron chi connectivity index (χ0n) is 18.2. The van der Waals surface area contributed by atoms with Crippen LogP contribution in [0.5, 0.6) is 5.75 Å². The van der Waals surface area contributed by atoms with Gasteiger partial charge in [0.15, 0.2) is 0 Å². The largest absolute Gasteiger partial charge is 0.497 e. The maximum Gasteiger partial charge on any atom is 0.312 e. The highest BCUT2D eigenvalue weighted by atomic mass is 16.5. The van der Waals surface area contributed by atoms with Crippen LogP contribution in [0.3, 0.4) is 0 Å². The van der Waals surface area contributed by atoms with Gasteiger partial charge in [-0.25, -0.2) is 0 Å². The molecule has 2 saturated heterocycles. The highest BCUT2D eigenvalue weighted by molar-refractivity contribution is 5.77. The Morgan fingerprint density at radius 3 is 2.28 bits per heavy atom. The van der Waals surface area contributed by atoms with Gasteiger partial charge in [0.25, 0.3) is 0 Å². The molecule has 0 saturated carbocycles. The van der Waals surface area contributed by atoms with Gasteiger partial charge in [0.2, 0.25) is 0 Å². The third-order valence-electron chi connectivity index (χ3n) is 6.67. The number of benzene rings is 1. The Bertz CT molecular complexity index is 633. The van der Waals surface area contributed by atoms with E-state index < -0.39 is 0 Å². The number of esters is 1. The normalized spacial score (nSPS) is 20.4. The van der Waals surface area contributed by atoms with Gasteiger partial charge in [0.05, 0.1) is 19.1 Å². The third kappa shape index (κ3) is 5.23. The molecule has 6 heteroatoms. The molecule has 0 aromatic heterocycles. The van der Waals surface area contributed by atoms with E-state index in [1.54, 1.807) is 14.2 Å². The number of likely N-dealkylation sites (tertiary alicyclic amines) is 1. The molecule has 2 fully saturated rings. The smallest absolute Gasteiger partial charge is 0.312 e. The summed E-state index contributed by atoms with van der Waals surface area (Å²) in [5.41, 5.74) is 0.899. The second-order valence-electron chi connectivity index (χ2n) is 8.20. The van der Waals surface area contributed by atoms with Crippen molar-refractivity contribution in [1.29, 1.82) is 0 Å². The predicted molar refractivity (Wildman–Crippen MR) is 115 cm³/mol. The Balaban J connectivity index is 1.52. The molecule has 2 aliphatic rings. The van der Waals surface area contributed by atoms with Gasteiger partial charge >= 0.3 is 5.97 Å². The van der Waals surface area contributed by atoms with E-state index in [0.717, 1.165) is 64.0 Å². The quantitative estimate of drug-likeness (QED) is 0.620. The fraction of sp³-hybridized carbons (Fsp3) is 0.696. The van der Waals surface area contributed by atoms with Gasteiger partial charge in [-0.15, -0.1) is 0 Å². The molecule has 1 aromatic rings. The number of anilines is 1. The number of hydrogen-bond donors (Lipinski definition) is 0. The van der Waals surface area contributed by atoms with Gasteiger partial charge in [-0.2, -0.15) is 0 Å². The van der Waals surface area contributed by atoms with E-state index in [0.29, 0.717) is 19.3 Å². The van der Waals surface area contributed by atoms with Crippen LogP contribution in [0.2, 0.25) is 0 Å². The molecular weight excluding hydrogens is 368 g/mol. The number of rotatable bonds is 8. The fourth-order valence-electron chi connectivity index (χ4n) is 4.74. The minimum absolute atomic E-state index is 0.0361. The summed E-state index contributed by atoms with van der Waals surface area (Å²) in [6.45, 7) is 7.01. The topological polar surface area (TPSA) is 51.2 Å². The first-order chi connectivity index (χ1) is 14.1. The average Bonchev–Trinajstić information content (AvgIpc) is 2.78. The Hall–Kier alpha value is -1.79. The molecule has 2 heterocycles. The van der Waals surface area contributed by atoms with Crippen LogP contribution in [0.1, 0.15) is 39.0 Å². The van der Waals surface area contributed by atoms with E-state index in [4.69, 9.17) is 14.2 Å². The Kier molecular flexibility index (Phi) is 7.78. The second-order valence-corrected chi connectivity index (χ2v) is 8.20. The second kappa shape index (κ2) is 10.3. The summed E-state index contributed by atoms with van der Waals surface area (Å²) in [5, 5.41) is 0. The van der Waals surface area contributed by atoms with Gasteiger partial charge in [-0.1, -0.05) is 0 Å². The van der Waals surface area contributed by atoms with Crippen molar-refractivity contribution in [3.05, 3.63) is 24.3 Å². The molecule has 6 nitrogen and oxygen atoms in total. The van der Waals surface area contributed by atoms with Gasteiger partial charge in [-0.3, -0.25) is 4.79 Å². The van der Waals surface area contributed by atoms with Crippen LogP contribution in [-0.2, 0) is 14.3 Å². The van der Waals surface area contributed by atoms with Crippen molar-refractivity contribution in [2.45, 2.75) is 45.1 Å². The van der Waals surface area contributed by atoms with E-state index in [1.807, 2.05) is 19.1 Å². The van der Waals surface area contributed by atoms with Crippen LogP contribution in [0, 0.1) is 5.41 Å². The summed E-state index contributed by atoms with van der Waals surface area (Å²) >= 11 is 0. The summed E-state index contributed by atoms with van der Waals surface area (Å²) in [7, 11) is 3.40. The molecule has 0 bridgehead atoms. The number of methoxy groups -OCH3 is 2. The van der Waals surface area contributed by atoms with Crippen molar-refractivity contribution in [1.82, 2.24) is 4.90 Å². The van der Waals surface area contributed by atoms with Gasteiger partial charge in [0.1, 0.15) is 5.75 Å². The predicted octanol–water partition coefficient (Wildman–Crippen LogP) is 3.35. The molecule has 0 amide bonds. The molecule has 0 spiro atoms. The maximum absolute atomic E-state index is 12.6. The zero-order chi connectivity index (χ0) is 20.7. The number of ether oxygens (including phenoxy) is 3. The number of carbonyl (C=O) groups excluding carboxylic acids is 1. The van der Waals surface area contributed by atoms with Crippen LogP contribution in [0.4, 0.5) is 5.69 Å². The number of carbonyl (C=O) groups is 1. The summed E-state index contributed by atoms with van der Waals surface area (Å²) in [6.07, 6.45) is 4.82. The third-order valence-corrected chi connectivity index (χ3v) is 6.67. The molecule has 0 radical (unpaired) electrons. The van der Waals surface area contributed by atoms with E-state index >= 15 is 0 Å². The minimum atomic E-state index is -0.369. The lowest BCUT2D eigenvalue weighted by atomic mass is 9.75. The van der Waals surface area contributed by atoms with E-state index in [-0.39, 0.29) is 11.4 Å². The van der Waals surface area contributed by atoms with Crippen molar-refractivity contribution >= 4 is 11.7 Å². The van der Waals surface area contributed by atoms with Gasteiger partial charge in [-0.05, 0) is 76.4 Å². The first kappa shape index (κ1) is 21.9. The molecule has 3 rings (SSSR count). The molecular formula is C23H36N2O4. The molecule has 0 N–H and O–H groups in total.